The minimum Gasteiger partial charge on any atom is -0.396 e. The van der Waals surface area contributed by atoms with Gasteiger partial charge in [0.1, 0.15) is 0 Å². The average molecular weight is 146 g/mol. The predicted molar refractivity (Wildman–Crippen MR) is 41.8 cm³/mol. The highest BCUT2D eigenvalue weighted by Crippen LogP contribution is 2.26. The summed E-state index contributed by atoms with van der Waals surface area (Å²) in [6, 6.07) is 0. The van der Waals surface area contributed by atoms with Crippen molar-refractivity contribution >= 4 is 0 Å². The second kappa shape index (κ2) is 3.94. The fourth-order valence-corrected chi connectivity index (χ4v) is 0.749. The molecule has 0 fully saturated rings. The smallest absolute Gasteiger partial charge is 0.0612 e. The molecule has 2 nitrogen and oxygen atoms in total. The molecule has 0 aliphatic heterocycles. The topological polar surface area (TPSA) is 40.5 Å². The summed E-state index contributed by atoms with van der Waals surface area (Å²) in [5, 5.41) is 18.0. The first-order valence-corrected chi connectivity index (χ1v) is 3.83. The highest BCUT2D eigenvalue weighted by atomic mass is 16.3. The maximum atomic E-state index is 9.42. The van der Waals surface area contributed by atoms with Gasteiger partial charge in [0, 0.05) is 6.61 Å². The summed E-state index contributed by atoms with van der Waals surface area (Å²) < 4.78 is 0. The van der Waals surface area contributed by atoms with Gasteiger partial charge >= 0.3 is 0 Å². The van der Waals surface area contributed by atoms with Crippen LogP contribution in [0.5, 0.6) is 0 Å². The molecule has 0 bridgehead atoms. The molecule has 0 aromatic heterocycles. The van der Waals surface area contributed by atoms with E-state index >= 15 is 0 Å². The van der Waals surface area contributed by atoms with E-state index < -0.39 is 0 Å². The van der Waals surface area contributed by atoms with Crippen LogP contribution >= 0.6 is 0 Å². The Labute approximate surface area is 62.9 Å². The predicted octanol–water partition coefficient (Wildman–Crippen LogP) is 1.17. The van der Waals surface area contributed by atoms with Crippen LogP contribution in [0.4, 0.5) is 0 Å². The highest BCUT2D eigenvalue weighted by Gasteiger charge is 2.24. The van der Waals surface area contributed by atoms with Crippen molar-refractivity contribution < 1.29 is 10.2 Å². The van der Waals surface area contributed by atoms with E-state index in [0.717, 1.165) is 6.42 Å². The summed E-state index contributed by atoms with van der Waals surface area (Å²) in [7, 11) is 0. The van der Waals surface area contributed by atoms with Crippen molar-refractivity contribution in [1.29, 1.82) is 0 Å². The molecule has 1 unspecified atom stereocenters. The van der Waals surface area contributed by atoms with Crippen LogP contribution in [0.15, 0.2) is 0 Å². The Morgan fingerprint density at radius 3 is 2.20 bits per heavy atom. The van der Waals surface area contributed by atoms with Crippen molar-refractivity contribution in [3.63, 3.8) is 0 Å². The van der Waals surface area contributed by atoms with E-state index in [1.54, 1.807) is 0 Å². The summed E-state index contributed by atoms with van der Waals surface area (Å²) in [4.78, 5) is 0. The largest absolute Gasteiger partial charge is 0.396 e. The molecule has 0 saturated heterocycles. The fourth-order valence-electron chi connectivity index (χ4n) is 0.749. The standard InChI is InChI=1S/C8H18O2/c1-4-8(2,3)7(10)5-6-9/h7,9-10H,4-6H2,1-3H3. The van der Waals surface area contributed by atoms with Crippen LogP contribution in [-0.4, -0.2) is 22.9 Å². The Morgan fingerprint density at radius 2 is 1.90 bits per heavy atom. The lowest BCUT2D eigenvalue weighted by Crippen LogP contribution is -2.29. The molecule has 0 saturated carbocycles. The molecule has 1 atom stereocenters. The summed E-state index contributed by atoms with van der Waals surface area (Å²) >= 11 is 0. The monoisotopic (exact) mass is 146 g/mol. The van der Waals surface area contributed by atoms with Gasteiger partial charge in [-0.25, -0.2) is 0 Å². The average Bonchev–Trinajstić information content (AvgIpc) is 1.89. The minimum atomic E-state index is -0.373. The van der Waals surface area contributed by atoms with E-state index in [4.69, 9.17) is 5.11 Å². The maximum absolute atomic E-state index is 9.42. The van der Waals surface area contributed by atoms with Crippen molar-refractivity contribution in [2.24, 2.45) is 5.41 Å². The molecule has 0 aromatic carbocycles. The Balaban J connectivity index is 3.78. The molecule has 0 aliphatic carbocycles. The molecular formula is C8H18O2. The Morgan fingerprint density at radius 1 is 1.40 bits per heavy atom. The molecule has 10 heavy (non-hydrogen) atoms. The fraction of sp³-hybridized carbons (Fsp3) is 1.00. The van der Waals surface area contributed by atoms with Crippen molar-refractivity contribution in [3.8, 4) is 0 Å². The molecule has 0 radical (unpaired) electrons. The molecule has 0 aliphatic rings. The molecule has 2 heteroatoms. The van der Waals surface area contributed by atoms with Crippen LogP contribution in [0, 0.1) is 5.41 Å². The second-order valence-electron chi connectivity index (χ2n) is 3.37. The van der Waals surface area contributed by atoms with Crippen molar-refractivity contribution in [2.45, 2.75) is 39.7 Å². The van der Waals surface area contributed by atoms with Gasteiger partial charge in [-0.2, -0.15) is 0 Å². The van der Waals surface area contributed by atoms with E-state index in [2.05, 4.69) is 0 Å². The van der Waals surface area contributed by atoms with Crippen LogP contribution in [0.1, 0.15) is 33.6 Å². The van der Waals surface area contributed by atoms with Gasteiger partial charge in [0.05, 0.1) is 6.10 Å². The molecule has 62 valence electrons. The zero-order valence-electron chi connectivity index (χ0n) is 7.09. The van der Waals surface area contributed by atoms with E-state index in [-0.39, 0.29) is 18.1 Å². The number of hydrogen-bond donors (Lipinski definition) is 2. The lowest BCUT2D eigenvalue weighted by Gasteiger charge is -2.28. The molecule has 2 N–H and O–H groups in total. The van der Waals surface area contributed by atoms with Crippen LogP contribution in [0.2, 0.25) is 0 Å². The SMILES string of the molecule is CCC(C)(C)C(O)CCO. The maximum Gasteiger partial charge on any atom is 0.0612 e. The Bertz CT molecular complexity index is 89.3. The number of rotatable bonds is 4. The number of aliphatic hydroxyl groups excluding tert-OH is 2. The van der Waals surface area contributed by atoms with Crippen molar-refractivity contribution in [1.82, 2.24) is 0 Å². The molecular weight excluding hydrogens is 128 g/mol. The second-order valence-corrected chi connectivity index (χ2v) is 3.37. The van der Waals surface area contributed by atoms with Gasteiger partial charge in [-0.3, -0.25) is 0 Å². The van der Waals surface area contributed by atoms with Gasteiger partial charge < -0.3 is 10.2 Å². The summed E-state index contributed by atoms with van der Waals surface area (Å²) in [6.07, 6.45) is 1.05. The van der Waals surface area contributed by atoms with Gasteiger partial charge in [-0.1, -0.05) is 20.8 Å². The zero-order valence-corrected chi connectivity index (χ0v) is 7.09. The van der Waals surface area contributed by atoms with E-state index in [1.807, 2.05) is 20.8 Å². The van der Waals surface area contributed by atoms with Crippen LogP contribution < -0.4 is 0 Å². The Hall–Kier alpha value is -0.0800. The normalized spacial score (nSPS) is 15.3. The first-order chi connectivity index (χ1) is 4.54. The lowest BCUT2D eigenvalue weighted by molar-refractivity contribution is 0.0271. The van der Waals surface area contributed by atoms with Gasteiger partial charge in [0.2, 0.25) is 0 Å². The van der Waals surface area contributed by atoms with Gasteiger partial charge in [0.15, 0.2) is 0 Å². The van der Waals surface area contributed by atoms with E-state index in [0.29, 0.717) is 6.42 Å². The van der Waals surface area contributed by atoms with Crippen LogP contribution in [0.25, 0.3) is 0 Å². The van der Waals surface area contributed by atoms with Crippen molar-refractivity contribution in [2.75, 3.05) is 6.61 Å². The molecule has 0 amide bonds. The van der Waals surface area contributed by atoms with E-state index in [9.17, 15) is 5.11 Å². The number of hydrogen-bond acceptors (Lipinski definition) is 2. The summed E-state index contributed by atoms with van der Waals surface area (Å²) in [6.45, 7) is 6.13. The molecule has 0 heterocycles. The van der Waals surface area contributed by atoms with Gasteiger partial charge in [-0.15, -0.1) is 0 Å². The van der Waals surface area contributed by atoms with Crippen LogP contribution in [0.3, 0.4) is 0 Å². The van der Waals surface area contributed by atoms with Crippen LogP contribution in [-0.2, 0) is 0 Å². The zero-order chi connectivity index (χ0) is 8.20. The third-order valence-corrected chi connectivity index (χ3v) is 2.22. The molecule has 0 aromatic rings. The summed E-state index contributed by atoms with van der Waals surface area (Å²) in [5.74, 6) is 0. The third kappa shape index (κ3) is 2.67. The third-order valence-electron chi connectivity index (χ3n) is 2.22. The van der Waals surface area contributed by atoms with Gasteiger partial charge in [-0.05, 0) is 18.3 Å². The highest BCUT2D eigenvalue weighted by molar-refractivity contribution is 4.75. The quantitative estimate of drug-likeness (QED) is 0.625. The molecule has 0 spiro atoms. The Kier molecular flexibility index (Phi) is 3.91. The van der Waals surface area contributed by atoms with Crippen molar-refractivity contribution in [3.05, 3.63) is 0 Å². The minimum absolute atomic E-state index is 0.0528. The summed E-state index contributed by atoms with van der Waals surface area (Å²) in [5.41, 5.74) is -0.0528. The van der Waals surface area contributed by atoms with E-state index in [1.165, 1.54) is 0 Å². The number of aliphatic hydroxyl groups is 2. The van der Waals surface area contributed by atoms with Gasteiger partial charge in [0.25, 0.3) is 0 Å². The lowest BCUT2D eigenvalue weighted by atomic mass is 9.82. The first-order valence-electron chi connectivity index (χ1n) is 3.83. The first kappa shape index (κ1) is 9.92. The molecule has 0 rings (SSSR count).